The molecule has 0 radical (unpaired) electrons. The van der Waals surface area contributed by atoms with Crippen LogP contribution in [0.2, 0.25) is 0 Å². The lowest BCUT2D eigenvalue weighted by Crippen LogP contribution is -2.40. The van der Waals surface area contributed by atoms with Crippen molar-refractivity contribution in [1.82, 2.24) is 14.9 Å². The molecule has 2 aromatic heterocycles. The van der Waals surface area contributed by atoms with Gasteiger partial charge in [-0.3, -0.25) is 9.69 Å². The second-order valence-corrected chi connectivity index (χ2v) is 10.9. The number of carbonyl (C=O) groups excluding carboxylic acids is 1. The summed E-state index contributed by atoms with van der Waals surface area (Å²) >= 11 is 1.60. The van der Waals surface area contributed by atoms with Crippen LogP contribution in [0, 0.1) is 0 Å². The molecule has 33 heavy (non-hydrogen) atoms. The summed E-state index contributed by atoms with van der Waals surface area (Å²) < 4.78 is 33.3. The molecule has 1 amide bonds. The summed E-state index contributed by atoms with van der Waals surface area (Å²) in [6, 6.07) is 13.7. The van der Waals surface area contributed by atoms with Crippen molar-refractivity contribution in [2.24, 2.45) is 0 Å². The first-order valence-electron chi connectivity index (χ1n) is 11.2. The number of likely N-dealkylation sites (tertiary alicyclic amines) is 1. The Morgan fingerprint density at radius 2 is 1.85 bits per heavy atom. The molecular formula is C24H29N3O4S2. The number of hydrogen-bond donors (Lipinski definition) is 2. The van der Waals surface area contributed by atoms with Crippen LogP contribution in [0.1, 0.15) is 46.3 Å². The van der Waals surface area contributed by atoms with Crippen molar-refractivity contribution < 1.29 is 17.6 Å². The molecule has 1 aliphatic heterocycles. The van der Waals surface area contributed by atoms with Gasteiger partial charge >= 0.3 is 0 Å². The minimum atomic E-state index is -3.62. The maximum absolute atomic E-state index is 12.7. The summed E-state index contributed by atoms with van der Waals surface area (Å²) in [5, 5.41) is 4.96. The van der Waals surface area contributed by atoms with E-state index in [0.29, 0.717) is 25.1 Å². The first-order chi connectivity index (χ1) is 16.0. The van der Waals surface area contributed by atoms with Crippen LogP contribution >= 0.6 is 11.3 Å². The third-order valence-electron chi connectivity index (χ3n) is 5.83. The van der Waals surface area contributed by atoms with E-state index in [9.17, 15) is 13.2 Å². The fourth-order valence-electron chi connectivity index (χ4n) is 4.04. The lowest BCUT2D eigenvalue weighted by Gasteiger charge is -2.33. The van der Waals surface area contributed by atoms with E-state index < -0.39 is 10.0 Å². The summed E-state index contributed by atoms with van der Waals surface area (Å²) in [7, 11) is -3.62. The normalized spacial score (nSPS) is 15.9. The largest absolute Gasteiger partial charge is 0.468 e. The number of thiophene rings is 1. The monoisotopic (exact) mass is 487 g/mol. The SMILES string of the molecule is O=C(NCC(c1ccco1)N1CCCCC1)c1ccc(S(=O)(=O)NCCc2cccs2)cc1. The van der Waals surface area contributed by atoms with Crippen LogP contribution in [0.3, 0.4) is 0 Å². The number of furan rings is 1. The average molecular weight is 488 g/mol. The molecule has 3 aromatic rings. The quantitative estimate of drug-likeness (QED) is 0.454. The van der Waals surface area contributed by atoms with Crippen molar-refractivity contribution >= 4 is 27.3 Å². The van der Waals surface area contributed by atoms with Crippen molar-refractivity contribution in [3.05, 3.63) is 76.4 Å². The van der Waals surface area contributed by atoms with Crippen molar-refractivity contribution in [2.45, 2.75) is 36.6 Å². The molecule has 3 heterocycles. The highest BCUT2D eigenvalue weighted by atomic mass is 32.2. The molecule has 176 valence electrons. The minimum absolute atomic E-state index is 0.0172. The van der Waals surface area contributed by atoms with Crippen LogP contribution in [0.15, 0.2) is 69.5 Å². The lowest BCUT2D eigenvalue weighted by atomic mass is 10.1. The third-order valence-corrected chi connectivity index (χ3v) is 8.24. The Balaban J connectivity index is 1.34. The van der Waals surface area contributed by atoms with Crippen LogP contribution in [0.4, 0.5) is 0 Å². The Morgan fingerprint density at radius 3 is 2.52 bits per heavy atom. The van der Waals surface area contributed by atoms with E-state index in [-0.39, 0.29) is 16.8 Å². The summed E-state index contributed by atoms with van der Waals surface area (Å²) in [4.78, 5) is 16.4. The number of benzene rings is 1. The fraction of sp³-hybridized carbons (Fsp3) is 0.375. The smallest absolute Gasteiger partial charge is 0.251 e. The van der Waals surface area contributed by atoms with Gasteiger partial charge in [0.05, 0.1) is 17.2 Å². The molecule has 1 fully saturated rings. The van der Waals surface area contributed by atoms with Gasteiger partial charge in [0.1, 0.15) is 5.76 Å². The Bertz CT molecular complexity index is 1110. The molecular weight excluding hydrogens is 458 g/mol. The summed E-state index contributed by atoms with van der Waals surface area (Å²) in [5.74, 6) is 0.602. The highest BCUT2D eigenvalue weighted by Gasteiger charge is 2.25. The summed E-state index contributed by atoms with van der Waals surface area (Å²) in [5.41, 5.74) is 0.421. The van der Waals surface area contributed by atoms with Crippen LogP contribution in [-0.2, 0) is 16.4 Å². The first-order valence-corrected chi connectivity index (χ1v) is 13.6. The molecule has 9 heteroatoms. The van der Waals surface area contributed by atoms with Crippen molar-refractivity contribution in [3.63, 3.8) is 0 Å². The van der Waals surface area contributed by atoms with Gasteiger partial charge in [0.2, 0.25) is 10.0 Å². The van der Waals surface area contributed by atoms with Gasteiger partial charge < -0.3 is 9.73 Å². The maximum Gasteiger partial charge on any atom is 0.251 e. The van der Waals surface area contributed by atoms with Crippen LogP contribution < -0.4 is 10.0 Å². The molecule has 2 N–H and O–H groups in total. The molecule has 0 saturated carbocycles. The van der Waals surface area contributed by atoms with Gasteiger partial charge in [0.25, 0.3) is 5.91 Å². The van der Waals surface area contributed by atoms with E-state index in [2.05, 4.69) is 14.9 Å². The molecule has 7 nitrogen and oxygen atoms in total. The number of hydrogen-bond acceptors (Lipinski definition) is 6. The van der Waals surface area contributed by atoms with E-state index >= 15 is 0 Å². The molecule has 0 aliphatic carbocycles. The van der Waals surface area contributed by atoms with Gasteiger partial charge in [0, 0.05) is 23.5 Å². The number of sulfonamides is 1. The average Bonchev–Trinajstić information content (AvgIpc) is 3.55. The number of carbonyl (C=O) groups is 1. The fourth-order valence-corrected chi connectivity index (χ4v) is 5.79. The standard InChI is InChI=1S/C24H29N3O4S2/c28-24(25-18-22(23-7-4-16-31-23)27-14-2-1-3-15-27)19-8-10-21(11-9-19)33(29,30)26-13-12-20-6-5-17-32-20/h4-11,16-17,22,26H,1-3,12-15,18H2,(H,25,28). The zero-order chi connectivity index (χ0) is 23.1. The van der Waals surface area contributed by atoms with E-state index in [1.165, 1.54) is 18.6 Å². The highest BCUT2D eigenvalue weighted by molar-refractivity contribution is 7.89. The van der Waals surface area contributed by atoms with E-state index in [1.807, 2.05) is 29.6 Å². The van der Waals surface area contributed by atoms with Gasteiger partial charge in [-0.1, -0.05) is 12.5 Å². The third kappa shape index (κ3) is 6.32. The summed E-state index contributed by atoms with van der Waals surface area (Å²) in [6.45, 7) is 2.72. The molecule has 0 spiro atoms. The molecule has 1 aromatic carbocycles. The number of rotatable bonds is 10. The maximum atomic E-state index is 12.7. The predicted molar refractivity (Wildman–Crippen MR) is 129 cm³/mol. The Kier molecular flexibility index (Phi) is 7.97. The van der Waals surface area contributed by atoms with Gasteiger partial charge in [0.15, 0.2) is 0 Å². The van der Waals surface area contributed by atoms with E-state index in [4.69, 9.17) is 4.42 Å². The zero-order valence-electron chi connectivity index (χ0n) is 18.4. The number of nitrogens with zero attached hydrogens (tertiary/aromatic N) is 1. The molecule has 1 atom stereocenters. The number of nitrogens with one attached hydrogen (secondary N) is 2. The number of piperidine rings is 1. The second kappa shape index (κ2) is 11.1. The predicted octanol–water partition coefficient (Wildman–Crippen LogP) is 3.82. The van der Waals surface area contributed by atoms with Crippen LogP contribution in [0.25, 0.3) is 0 Å². The van der Waals surface area contributed by atoms with Crippen molar-refractivity contribution in [2.75, 3.05) is 26.2 Å². The molecule has 1 saturated heterocycles. The van der Waals surface area contributed by atoms with Gasteiger partial charge in [-0.15, -0.1) is 11.3 Å². The Labute approximate surface area is 198 Å². The van der Waals surface area contributed by atoms with Gasteiger partial charge in [-0.05, 0) is 80.2 Å². The Morgan fingerprint density at radius 1 is 1.06 bits per heavy atom. The van der Waals surface area contributed by atoms with E-state index in [1.54, 1.807) is 29.7 Å². The Hall–Kier alpha value is -2.46. The minimum Gasteiger partial charge on any atom is -0.468 e. The molecule has 4 rings (SSSR count). The number of amides is 1. The van der Waals surface area contributed by atoms with Gasteiger partial charge in [-0.2, -0.15) is 0 Å². The first kappa shape index (κ1) is 23.7. The highest BCUT2D eigenvalue weighted by Crippen LogP contribution is 2.24. The zero-order valence-corrected chi connectivity index (χ0v) is 20.0. The van der Waals surface area contributed by atoms with Crippen LogP contribution in [0.5, 0.6) is 0 Å². The van der Waals surface area contributed by atoms with Crippen molar-refractivity contribution in [1.29, 1.82) is 0 Å². The lowest BCUT2D eigenvalue weighted by molar-refractivity contribution is 0.0914. The van der Waals surface area contributed by atoms with E-state index in [0.717, 1.165) is 36.6 Å². The summed E-state index contributed by atoms with van der Waals surface area (Å²) in [6.07, 6.45) is 5.81. The molecule has 0 bridgehead atoms. The van der Waals surface area contributed by atoms with Gasteiger partial charge in [-0.25, -0.2) is 13.1 Å². The molecule has 1 unspecified atom stereocenters. The second-order valence-electron chi connectivity index (χ2n) is 8.09. The topological polar surface area (TPSA) is 91.7 Å². The molecule has 1 aliphatic rings. The van der Waals surface area contributed by atoms with Crippen LogP contribution in [-0.4, -0.2) is 45.4 Å². The van der Waals surface area contributed by atoms with Crippen molar-refractivity contribution in [3.8, 4) is 0 Å².